The second-order valence-electron chi connectivity index (χ2n) is 5.49. The average molecular weight is 298 g/mol. The van der Waals surface area contributed by atoms with Crippen molar-refractivity contribution >= 4 is 30.7 Å². The smallest absolute Gasteiger partial charge is 0.236 e. The summed E-state index contributed by atoms with van der Waals surface area (Å²) >= 11 is 0. The maximum Gasteiger partial charge on any atom is 0.236 e. The molecule has 0 radical (unpaired) electrons. The molecule has 4 nitrogen and oxygen atoms in total. The third-order valence-electron chi connectivity index (χ3n) is 4.01. The van der Waals surface area contributed by atoms with Crippen LogP contribution in [0.4, 0.5) is 0 Å². The Kier molecular flexibility index (Phi) is 7.52. The fourth-order valence-corrected chi connectivity index (χ4v) is 2.55. The Morgan fingerprint density at radius 3 is 2.22 bits per heavy atom. The van der Waals surface area contributed by atoms with E-state index in [0.29, 0.717) is 30.3 Å². The highest BCUT2D eigenvalue weighted by Gasteiger charge is 2.37. The van der Waals surface area contributed by atoms with Gasteiger partial charge in [-0.05, 0) is 32.7 Å². The van der Waals surface area contributed by atoms with Crippen LogP contribution in [0.25, 0.3) is 0 Å². The van der Waals surface area contributed by atoms with Gasteiger partial charge < -0.3 is 10.2 Å². The number of likely N-dealkylation sites (tertiary alicyclic amines) is 1. The van der Waals surface area contributed by atoms with Gasteiger partial charge in [-0.15, -0.1) is 24.8 Å². The normalized spacial score (nSPS) is 25.9. The van der Waals surface area contributed by atoms with Crippen LogP contribution in [-0.2, 0) is 4.79 Å². The van der Waals surface area contributed by atoms with Crippen molar-refractivity contribution < 1.29 is 4.79 Å². The van der Waals surface area contributed by atoms with Gasteiger partial charge in [0.05, 0.1) is 6.54 Å². The van der Waals surface area contributed by atoms with Crippen molar-refractivity contribution in [2.24, 2.45) is 11.8 Å². The number of fused-ring (bicyclic) bond motifs is 1. The molecule has 1 N–H and O–H groups in total. The van der Waals surface area contributed by atoms with Crippen LogP contribution < -0.4 is 5.32 Å². The van der Waals surface area contributed by atoms with Crippen LogP contribution >= 0.6 is 24.8 Å². The lowest BCUT2D eigenvalue weighted by molar-refractivity contribution is -0.131. The Bertz CT molecular complexity index is 264. The number of amides is 1. The molecule has 0 spiro atoms. The quantitative estimate of drug-likeness (QED) is 0.839. The monoisotopic (exact) mass is 297 g/mol. The lowest BCUT2D eigenvalue weighted by Gasteiger charge is -2.24. The van der Waals surface area contributed by atoms with E-state index in [2.05, 4.69) is 29.0 Å². The number of nitrogens with zero attached hydrogens (tertiary/aromatic N) is 2. The van der Waals surface area contributed by atoms with E-state index >= 15 is 0 Å². The highest BCUT2D eigenvalue weighted by Crippen LogP contribution is 2.26. The number of hydrogen-bond donors (Lipinski definition) is 1. The van der Waals surface area contributed by atoms with E-state index < -0.39 is 0 Å². The van der Waals surface area contributed by atoms with Crippen LogP contribution in [0.2, 0.25) is 0 Å². The number of rotatable bonds is 3. The second kappa shape index (κ2) is 7.53. The lowest BCUT2D eigenvalue weighted by atomic mass is 10.0. The van der Waals surface area contributed by atoms with Crippen LogP contribution in [0.3, 0.4) is 0 Å². The van der Waals surface area contributed by atoms with Crippen molar-refractivity contribution in [2.75, 3.05) is 39.8 Å². The first-order valence-electron chi connectivity index (χ1n) is 6.26. The molecule has 108 valence electrons. The molecule has 2 aliphatic heterocycles. The fraction of sp³-hybridized carbons (Fsp3) is 0.917. The van der Waals surface area contributed by atoms with Crippen molar-refractivity contribution in [3.05, 3.63) is 0 Å². The zero-order chi connectivity index (χ0) is 11.7. The number of carbonyl (C=O) groups is 1. The molecule has 0 bridgehead atoms. The fourth-order valence-electron chi connectivity index (χ4n) is 2.55. The summed E-state index contributed by atoms with van der Waals surface area (Å²) in [5.41, 5.74) is 0. The number of nitrogens with one attached hydrogen (secondary N) is 1. The maximum atomic E-state index is 12.1. The van der Waals surface area contributed by atoms with Gasteiger partial charge in [0.25, 0.3) is 0 Å². The molecule has 2 fully saturated rings. The standard InChI is InChI=1S/C12H23N3O.2ClH/c1-9(2)14(3)8-12(16)15-6-10-4-13-5-11(10)7-15;;/h9-11,13H,4-8H2,1-3H3;2*1H/t10-,11+;;. The van der Waals surface area contributed by atoms with Gasteiger partial charge in [-0.25, -0.2) is 0 Å². The molecule has 0 aromatic rings. The number of carbonyl (C=O) groups excluding carboxylic acids is 1. The van der Waals surface area contributed by atoms with Crippen LogP contribution in [0.1, 0.15) is 13.8 Å². The molecule has 2 rings (SSSR count). The molecule has 2 atom stereocenters. The van der Waals surface area contributed by atoms with Crippen molar-refractivity contribution in [1.29, 1.82) is 0 Å². The molecule has 0 aromatic heterocycles. The molecule has 0 unspecified atom stereocenters. The van der Waals surface area contributed by atoms with Crippen LogP contribution in [0, 0.1) is 11.8 Å². The topological polar surface area (TPSA) is 35.6 Å². The molecular formula is C12H25Cl2N3O. The molecular weight excluding hydrogens is 273 g/mol. The predicted molar refractivity (Wildman–Crippen MR) is 78.7 cm³/mol. The number of halogens is 2. The Labute approximate surface area is 122 Å². The van der Waals surface area contributed by atoms with Gasteiger partial charge in [0.15, 0.2) is 0 Å². The van der Waals surface area contributed by atoms with E-state index in [0.717, 1.165) is 26.2 Å². The molecule has 2 saturated heterocycles. The van der Waals surface area contributed by atoms with Crippen LogP contribution in [0.5, 0.6) is 0 Å². The molecule has 0 aromatic carbocycles. The molecule has 6 heteroatoms. The summed E-state index contributed by atoms with van der Waals surface area (Å²) in [4.78, 5) is 16.2. The largest absolute Gasteiger partial charge is 0.341 e. The Balaban J connectivity index is 0.00000144. The second-order valence-corrected chi connectivity index (χ2v) is 5.49. The summed E-state index contributed by atoms with van der Waals surface area (Å²) in [6.45, 7) is 8.91. The predicted octanol–water partition coefficient (Wildman–Crippen LogP) is 0.848. The highest BCUT2D eigenvalue weighted by molar-refractivity contribution is 5.85. The van der Waals surface area contributed by atoms with Crippen molar-refractivity contribution in [2.45, 2.75) is 19.9 Å². The zero-order valence-electron chi connectivity index (χ0n) is 11.4. The molecule has 2 heterocycles. The van der Waals surface area contributed by atoms with E-state index in [9.17, 15) is 4.79 Å². The maximum absolute atomic E-state index is 12.1. The minimum Gasteiger partial charge on any atom is -0.341 e. The minimum absolute atomic E-state index is 0. The van der Waals surface area contributed by atoms with Gasteiger partial charge in [0, 0.05) is 32.2 Å². The van der Waals surface area contributed by atoms with Gasteiger partial charge >= 0.3 is 0 Å². The van der Waals surface area contributed by atoms with Gasteiger partial charge in [-0.3, -0.25) is 9.69 Å². The van der Waals surface area contributed by atoms with Crippen LogP contribution in [0.15, 0.2) is 0 Å². The first kappa shape index (κ1) is 18.0. The third kappa shape index (κ3) is 3.98. The van der Waals surface area contributed by atoms with Crippen molar-refractivity contribution in [3.8, 4) is 0 Å². The Morgan fingerprint density at radius 2 is 1.78 bits per heavy atom. The SMILES string of the molecule is CC(C)N(C)CC(=O)N1C[C@H]2CNC[C@H]2C1.Cl.Cl. The van der Waals surface area contributed by atoms with Gasteiger partial charge in [-0.1, -0.05) is 0 Å². The van der Waals surface area contributed by atoms with Gasteiger partial charge in [0.1, 0.15) is 0 Å². The lowest BCUT2D eigenvalue weighted by Crippen LogP contribution is -2.41. The first-order valence-corrected chi connectivity index (χ1v) is 6.26. The molecule has 0 aliphatic carbocycles. The van der Waals surface area contributed by atoms with Gasteiger partial charge in [-0.2, -0.15) is 0 Å². The molecule has 0 saturated carbocycles. The molecule has 18 heavy (non-hydrogen) atoms. The summed E-state index contributed by atoms with van der Waals surface area (Å²) in [6.07, 6.45) is 0. The first-order chi connectivity index (χ1) is 7.58. The van der Waals surface area contributed by atoms with Crippen molar-refractivity contribution in [3.63, 3.8) is 0 Å². The Morgan fingerprint density at radius 1 is 1.28 bits per heavy atom. The molecule has 1 amide bonds. The van der Waals surface area contributed by atoms with Gasteiger partial charge in [0.2, 0.25) is 5.91 Å². The summed E-state index contributed by atoms with van der Waals surface area (Å²) in [5, 5.41) is 3.39. The Hall–Kier alpha value is -0.0300. The minimum atomic E-state index is 0. The number of likely N-dealkylation sites (N-methyl/N-ethyl adjacent to an activating group) is 1. The molecule has 2 aliphatic rings. The highest BCUT2D eigenvalue weighted by atomic mass is 35.5. The third-order valence-corrected chi connectivity index (χ3v) is 4.01. The zero-order valence-corrected chi connectivity index (χ0v) is 13.0. The average Bonchev–Trinajstić information content (AvgIpc) is 2.75. The van der Waals surface area contributed by atoms with E-state index in [1.54, 1.807) is 0 Å². The summed E-state index contributed by atoms with van der Waals surface area (Å²) in [5.74, 6) is 1.70. The van der Waals surface area contributed by atoms with E-state index in [4.69, 9.17) is 0 Å². The number of hydrogen-bond acceptors (Lipinski definition) is 3. The summed E-state index contributed by atoms with van der Waals surface area (Å²) in [7, 11) is 2.01. The van der Waals surface area contributed by atoms with E-state index in [1.165, 1.54) is 0 Å². The summed E-state index contributed by atoms with van der Waals surface area (Å²) < 4.78 is 0. The van der Waals surface area contributed by atoms with Crippen molar-refractivity contribution in [1.82, 2.24) is 15.1 Å². The van der Waals surface area contributed by atoms with E-state index in [-0.39, 0.29) is 24.8 Å². The summed E-state index contributed by atoms with van der Waals surface area (Å²) in [6, 6.07) is 0.438. The van der Waals surface area contributed by atoms with E-state index in [1.807, 2.05) is 7.05 Å². The van der Waals surface area contributed by atoms with Crippen LogP contribution in [-0.4, -0.2) is 61.5 Å².